The SMILES string of the molecule is CCC(C)C(C)N1C(=O)c2ccc(C(=O)O)cc2C1=O. The second kappa shape index (κ2) is 5.07. The lowest BCUT2D eigenvalue weighted by molar-refractivity contribution is 0.0549. The van der Waals surface area contributed by atoms with E-state index in [9.17, 15) is 14.4 Å². The van der Waals surface area contributed by atoms with Crippen molar-refractivity contribution >= 4 is 17.8 Å². The summed E-state index contributed by atoms with van der Waals surface area (Å²) in [6.07, 6.45) is 0.856. The molecule has 106 valence electrons. The fraction of sp³-hybridized carbons (Fsp3) is 0.400. The fourth-order valence-electron chi connectivity index (χ4n) is 2.36. The first-order valence-electron chi connectivity index (χ1n) is 6.63. The summed E-state index contributed by atoms with van der Waals surface area (Å²) >= 11 is 0. The molecule has 0 fully saturated rings. The Morgan fingerprint density at radius 2 is 1.80 bits per heavy atom. The van der Waals surface area contributed by atoms with Crippen LogP contribution in [0.5, 0.6) is 0 Å². The summed E-state index contributed by atoms with van der Waals surface area (Å²) in [4.78, 5) is 36.9. The number of fused-ring (bicyclic) bond motifs is 1. The third-order valence-electron chi connectivity index (χ3n) is 4.04. The standard InChI is InChI=1S/C15H17NO4/c1-4-8(2)9(3)16-13(17)11-6-5-10(15(19)20)7-12(11)14(16)18/h5-9H,4H2,1-3H3,(H,19,20). The summed E-state index contributed by atoms with van der Waals surface area (Å²) in [5, 5.41) is 8.96. The van der Waals surface area contributed by atoms with Gasteiger partial charge in [0, 0.05) is 6.04 Å². The van der Waals surface area contributed by atoms with E-state index in [-0.39, 0.29) is 34.6 Å². The molecule has 0 saturated heterocycles. The Kier molecular flexibility index (Phi) is 3.61. The monoisotopic (exact) mass is 275 g/mol. The summed E-state index contributed by atoms with van der Waals surface area (Å²) < 4.78 is 0. The van der Waals surface area contributed by atoms with Crippen LogP contribution in [-0.4, -0.2) is 33.8 Å². The molecule has 1 aliphatic rings. The lowest BCUT2D eigenvalue weighted by Gasteiger charge is -2.27. The first kappa shape index (κ1) is 14.2. The first-order valence-corrected chi connectivity index (χ1v) is 6.63. The zero-order valence-electron chi connectivity index (χ0n) is 11.7. The second-order valence-corrected chi connectivity index (χ2v) is 5.17. The van der Waals surface area contributed by atoms with Gasteiger partial charge in [0.05, 0.1) is 16.7 Å². The van der Waals surface area contributed by atoms with Gasteiger partial charge in [0.15, 0.2) is 0 Å². The maximum atomic E-state index is 12.4. The normalized spacial score (nSPS) is 17.1. The van der Waals surface area contributed by atoms with Crippen molar-refractivity contribution in [1.82, 2.24) is 4.90 Å². The van der Waals surface area contributed by atoms with Gasteiger partial charge in [0.2, 0.25) is 0 Å². The average molecular weight is 275 g/mol. The number of nitrogens with zero attached hydrogens (tertiary/aromatic N) is 1. The summed E-state index contributed by atoms with van der Waals surface area (Å²) in [7, 11) is 0. The Morgan fingerprint density at radius 1 is 1.20 bits per heavy atom. The molecule has 1 aliphatic heterocycles. The quantitative estimate of drug-likeness (QED) is 0.856. The second-order valence-electron chi connectivity index (χ2n) is 5.17. The summed E-state index contributed by atoms with van der Waals surface area (Å²) in [5.74, 6) is -1.66. The first-order chi connectivity index (χ1) is 9.38. The molecule has 0 spiro atoms. The third kappa shape index (κ3) is 2.09. The number of carbonyl (C=O) groups excluding carboxylic acids is 2. The van der Waals surface area contributed by atoms with E-state index in [0.29, 0.717) is 0 Å². The molecule has 1 aromatic rings. The molecular weight excluding hydrogens is 258 g/mol. The molecule has 5 heteroatoms. The number of aromatic carboxylic acids is 1. The van der Waals surface area contributed by atoms with Gasteiger partial charge in [0.25, 0.3) is 11.8 Å². The minimum Gasteiger partial charge on any atom is -0.478 e. The smallest absolute Gasteiger partial charge is 0.335 e. The van der Waals surface area contributed by atoms with E-state index < -0.39 is 11.9 Å². The molecule has 5 nitrogen and oxygen atoms in total. The van der Waals surface area contributed by atoms with Crippen molar-refractivity contribution in [3.05, 3.63) is 34.9 Å². The van der Waals surface area contributed by atoms with E-state index in [1.165, 1.54) is 23.1 Å². The van der Waals surface area contributed by atoms with Crippen molar-refractivity contribution in [3.63, 3.8) is 0 Å². The van der Waals surface area contributed by atoms with Crippen molar-refractivity contribution in [2.45, 2.75) is 33.2 Å². The van der Waals surface area contributed by atoms with Gasteiger partial charge in [-0.15, -0.1) is 0 Å². The van der Waals surface area contributed by atoms with Gasteiger partial charge in [-0.1, -0.05) is 20.3 Å². The van der Waals surface area contributed by atoms with E-state index in [1.54, 1.807) is 0 Å². The topological polar surface area (TPSA) is 74.7 Å². The van der Waals surface area contributed by atoms with Crippen LogP contribution in [0.4, 0.5) is 0 Å². The van der Waals surface area contributed by atoms with Crippen LogP contribution in [0.25, 0.3) is 0 Å². The van der Waals surface area contributed by atoms with Crippen LogP contribution in [0.15, 0.2) is 18.2 Å². The lowest BCUT2D eigenvalue weighted by atomic mass is 9.99. The van der Waals surface area contributed by atoms with Gasteiger partial charge in [-0.3, -0.25) is 14.5 Å². The Bertz CT molecular complexity index is 594. The highest BCUT2D eigenvalue weighted by Crippen LogP contribution is 2.28. The highest BCUT2D eigenvalue weighted by atomic mass is 16.4. The van der Waals surface area contributed by atoms with Crippen LogP contribution >= 0.6 is 0 Å². The molecular formula is C15H17NO4. The minimum absolute atomic E-state index is 0.0166. The zero-order valence-corrected chi connectivity index (χ0v) is 11.7. The third-order valence-corrected chi connectivity index (χ3v) is 4.04. The van der Waals surface area contributed by atoms with E-state index in [4.69, 9.17) is 5.11 Å². The number of carboxylic acid groups (broad SMARTS) is 1. The number of hydrogen-bond donors (Lipinski definition) is 1. The number of rotatable bonds is 4. The molecule has 2 unspecified atom stereocenters. The summed E-state index contributed by atoms with van der Waals surface area (Å²) in [6.45, 7) is 5.83. The molecule has 20 heavy (non-hydrogen) atoms. The minimum atomic E-state index is -1.11. The Hall–Kier alpha value is -2.17. The van der Waals surface area contributed by atoms with Crippen molar-refractivity contribution in [3.8, 4) is 0 Å². The molecule has 0 bridgehead atoms. The summed E-state index contributed by atoms with van der Waals surface area (Å²) in [5.41, 5.74) is 0.489. The van der Waals surface area contributed by atoms with E-state index >= 15 is 0 Å². The average Bonchev–Trinajstić information content (AvgIpc) is 2.68. The highest BCUT2D eigenvalue weighted by molar-refractivity contribution is 6.22. The van der Waals surface area contributed by atoms with Crippen molar-refractivity contribution in [2.24, 2.45) is 5.92 Å². The molecule has 1 N–H and O–H groups in total. The van der Waals surface area contributed by atoms with Crippen LogP contribution < -0.4 is 0 Å². The van der Waals surface area contributed by atoms with Crippen molar-refractivity contribution in [1.29, 1.82) is 0 Å². The van der Waals surface area contributed by atoms with Crippen molar-refractivity contribution in [2.75, 3.05) is 0 Å². The van der Waals surface area contributed by atoms with Crippen LogP contribution in [0.1, 0.15) is 58.3 Å². The van der Waals surface area contributed by atoms with Crippen LogP contribution in [0.3, 0.4) is 0 Å². The molecule has 0 radical (unpaired) electrons. The van der Waals surface area contributed by atoms with Gasteiger partial charge >= 0.3 is 5.97 Å². The molecule has 2 amide bonds. The van der Waals surface area contributed by atoms with Crippen molar-refractivity contribution < 1.29 is 19.5 Å². The van der Waals surface area contributed by atoms with Gasteiger partial charge in [-0.2, -0.15) is 0 Å². The predicted molar refractivity (Wildman–Crippen MR) is 72.8 cm³/mol. The molecule has 2 rings (SSSR count). The van der Waals surface area contributed by atoms with Gasteiger partial charge in [-0.05, 0) is 31.0 Å². The molecule has 1 heterocycles. The predicted octanol–water partition coefficient (Wildman–Crippen LogP) is 2.42. The largest absolute Gasteiger partial charge is 0.478 e. The van der Waals surface area contributed by atoms with E-state index in [1.807, 2.05) is 20.8 Å². The van der Waals surface area contributed by atoms with E-state index in [2.05, 4.69) is 0 Å². The van der Waals surface area contributed by atoms with Gasteiger partial charge in [0.1, 0.15) is 0 Å². The maximum Gasteiger partial charge on any atom is 0.335 e. The Labute approximate surface area is 117 Å². The fourth-order valence-corrected chi connectivity index (χ4v) is 2.36. The Morgan fingerprint density at radius 3 is 2.35 bits per heavy atom. The molecule has 0 aromatic heterocycles. The molecule has 0 saturated carbocycles. The number of carboxylic acids is 1. The van der Waals surface area contributed by atoms with Gasteiger partial charge < -0.3 is 5.11 Å². The van der Waals surface area contributed by atoms with Gasteiger partial charge in [-0.25, -0.2) is 4.79 Å². The number of carbonyl (C=O) groups is 3. The van der Waals surface area contributed by atoms with Crippen LogP contribution in [-0.2, 0) is 0 Å². The zero-order chi connectivity index (χ0) is 15.0. The Balaban J connectivity index is 2.42. The molecule has 0 aliphatic carbocycles. The molecule has 1 aromatic carbocycles. The van der Waals surface area contributed by atoms with E-state index in [0.717, 1.165) is 6.42 Å². The number of benzene rings is 1. The highest BCUT2D eigenvalue weighted by Gasteiger charge is 2.39. The van der Waals surface area contributed by atoms with Crippen LogP contribution in [0, 0.1) is 5.92 Å². The number of imide groups is 1. The molecule has 2 atom stereocenters. The van der Waals surface area contributed by atoms with Crippen LogP contribution in [0.2, 0.25) is 0 Å². The number of amides is 2. The maximum absolute atomic E-state index is 12.4. The lowest BCUT2D eigenvalue weighted by Crippen LogP contribution is -2.41. The summed E-state index contributed by atoms with van der Waals surface area (Å²) in [6, 6.07) is 3.84. The number of hydrogen-bond acceptors (Lipinski definition) is 3.